The van der Waals surface area contributed by atoms with Gasteiger partial charge in [-0.1, -0.05) is 30.4 Å². The number of aromatic nitrogens is 2. The maximum Gasteiger partial charge on any atom is 0.186 e. The summed E-state index contributed by atoms with van der Waals surface area (Å²) in [5.41, 5.74) is 7.71. The fourth-order valence-electron chi connectivity index (χ4n) is 1.88. The van der Waals surface area contributed by atoms with Gasteiger partial charge in [-0.2, -0.15) is 0 Å². The summed E-state index contributed by atoms with van der Waals surface area (Å²) in [6.45, 7) is 2.12. The second kappa shape index (κ2) is 5.92. The Kier molecular flexibility index (Phi) is 4.24. The molecule has 0 aliphatic heterocycles. The highest BCUT2D eigenvalue weighted by Gasteiger charge is 2.12. The van der Waals surface area contributed by atoms with Crippen molar-refractivity contribution < 1.29 is 4.39 Å². The van der Waals surface area contributed by atoms with E-state index in [1.807, 2.05) is 24.3 Å². The van der Waals surface area contributed by atoms with Crippen molar-refractivity contribution in [3.05, 3.63) is 53.2 Å². The van der Waals surface area contributed by atoms with Crippen LogP contribution in [0.25, 0.3) is 0 Å². The molecule has 2 rings (SSSR count). The van der Waals surface area contributed by atoms with Crippen LogP contribution in [0.15, 0.2) is 30.6 Å². The summed E-state index contributed by atoms with van der Waals surface area (Å²) in [5.74, 6) is -0.126. The fourth-order valence-corrected chi connectivity index (χ4v) is 2.01. The summed E-state index contributed by atoms with van der Waals surface area (Å²) in [6.07, 6.45) is 1.36. The highest BCUT2D eigenvalue weighted by molar-refractivity contribution is 7.80. The van der Waals surface area contributed by atoms with Gasteiger partial charge in [-0.05, 0) is 18.6 Å². The first-order valence-corrected chi connectivity index (χ1v) is 6.47. The van der Waals surface area contributed by atoms with Crippen molar-refractivity contribution in [2.75, 3.05) is 11.9 Å². The third kappa shape index (κ3) is 3.08. The normalized spacial score (nSPS) is 10.3. The van der Waals surface area contributed by atoms with Crippen molar-refractivity contribution in [3.63, 3.8) is 0 Å². The molecule has 0 aliphatic carbocycles. The molecule has 0 aliphatic rings. The first-order valence-electron chi connectivity index (χ1n) is 6.06. The van der Waals surface area contributed by atoms with Crippen LogP contribution in [0.5, 0.6) is 0 Å². The number of thiocarbonyl (C=S) groups is 1. The lowest BCUT2D eigenvalue weighted by molar-refractivity contribution is 0.595. The van der Waals surface area contributed by atoms with Gasteiger partial charge in [-0.3, -0.25) is 0 Å². The van der Waals surface area contributed by atoms with Gasteiger partial charge in [0.25, 0.3) is 0 Å². The van der Waals surface area contributed by atoms with Gasteiger partial charge in [0.05, 0.1) is 5.69 Å². The van der Waals surface area contributed by atoms with Gasteiger partial charge in [0.15, 0.2) is 11.6 Å². The van der Waals surface area contributed by atoms with Crippen molar-refractivity contribution in [2.24, 2.45) is 5.73 Å². The average molecular weight is 290 g/mol. The van der Waals surface area contributed by atoms with Crippen LogP contribution in [0.3, 0.4) is 0 Å². The SMILES string of the molecule is Cc1ncnc(N(C)Cc2cccc(C(N)=S)c2)c1F. The van der Waals surface area contributed by atoms with E-state index in [2.05, 4.69) is 9.97 Å². The van der Waals surface area contributed by atoms with E-state index in [4.69, 9.17) is 18.0 Å². The predicted octanol–water partition coefficient (Wildman–Crippen LogP) is 2.19. The minimum Gasteiger partial charge on any atom is -0.389 e. The van der Waals surface area contributed by atoms with E-state index in [1.165, 1.54) is 6.33 Å². The average Bonchev–Trinajstić information content (AvgIpc) is 2.42. The van der Waals surface area contributed by atoms with E-state index in [-0.39, 0.29) is 5.82 Å². The number of nitrogens with zero attached hydrogens (tertiary/aromatic N) is 3. The number of hydrogen-bond acceptors (Lipinski definition) is 4. The molecule has 0 amide bonds. The van der Waals surface area contributed by atoms with E-state index in [9.17, 15) is 4.39 Å². The van der Waals surface area contributed by atoms with Crippen LogP contribution in [0, 0.1) is 12.7 Å². The lowest BCUT2D eigenvalue weighted by atomic mass is 10.1. The summed E-state index contributed by atoms with van der Waals surface area (Å²) < 4.78 is 14.0. The molecule has 1 aromatic heterocycles. The van der Waals surface area contributed by atoms with Crippen LogP contribution in [0.1, 0.15) is 16.8 Å². The number of anilines is 1. The summed E-state index contributed by atoms with van der Waals surface area (Å²) in [7, 11) is 1.78. The van der Waals surface area contributed by atoms with Crippen molar-refractivity contribution in [2.45, 2.75) is 13.5 Å². The highest BCUT2D eigenvalue weighted by atomic mass is 32.1. The molecule has 0 bridgehead atoms. The van der Waals surface area contributed by atoms with E-state index in [0.717, 1.165) is 11.1 Å². The van der Waals surface area contributed by atoms with Crippen LogP contribution >= 0.6 is 12.2 Å². The van der Waals surface area contributed by atoms with Crippen LogP contribution in [-0.2, 0) is 6.54 Å². The molecule has 0 radical (unpaired) electrons. The Hall–Kier alpha value is -2.08. The zero-order valence-electron chi connectivity index (χ0n) is 11.3. The second-order valence-electron chi connectivity index (χ2n) is 4.52. The molecule has 0 saturated carbocycles. The van der Waals surface area contributed by atoms with Crippen LogP contribution in [-0.4, -0.2) is 22.0 Å². The summed E-state index contributed by atoms with van der Waals surface area (Å²) in [5, 5.41) is 0. The van der Waals surface area contributed by atoms with Gasteiger partial charge in [0.2, 0.25) is 0 Å². The van der Waals surface area contributed by atoms with E-state index >= 15 is 0 Å². The largest absolute Gasteiger partial charge is 0.389 e. The zero-order chi connectivity index (χ0) is 14.7. The number of benzene rings is 1. The first-order chi connectivity index (χ1) is 9.49. The van der Waals surface area contributed by atoms with Gasteiger partial charge in [-0.25, -0.2) is 14.4 Å². The number of halogens is 1. The van der Waals surface area contributed by atoms with E-state index < -0.39 is 5.82 Å². The topological polar surface area (TPSA) is 55.0 Å². The van der Waals surface area contributed by atoms with Crippen LogP contribution < -0.4 is 10.6 Å². The Balaban J connectivity index is 2.23. The molecule has 2 N–H and O–H groups in total. The van der Waals surface area contributed by atoms with Crippen LogP contribution in [0.4, 0.5) is 10.2 Å². The molecule has 0 atom stereocenters. The van der Waals surface area contributed by atoms with Crippen molar-refractivity contribution >= 4 is 23.0 Å². The van der Waals surface area contributed by atoms with Gasteiger partial charge in [0.1, 0.15) is 11.3 Å². The number of aryl methyl sites for hydroxylation is 1. The molecule has 1 aromatic carbocycles. The Morgan fingerprint density at radius 1 is 1.40 bits per heavy atom. The van der Waals surface area contributed by atoms with Gasteiger partial charge in [-0.15, -0.1) is 0 Å². The van der Waals surface area contributed by atoms with Gasteiger partial charge < -0.3 is 10.6 Å². The molecule has 0 saturated heterocycles. The Morgan fingerprint density at radius 3 is 2.85 bits per heavy atom. The fraction of sp³-hybridized carbons (Fsp3) is 0.214. The number of rotatable bonds is 4. The van der Waals surface area contributed by atoms with Crippen molar-refractivity contribution in [3.8, 4) is 0 Å². The smallest absolute Gasteiger partial charge is 0.186 e. The molecule has 0 spiro atoms. The molecular weight excluding hydrogens is 275 g/mol. The van der Waals surface area contributed by atoms with E-state index in [0.29, 0.717) is 17.2 Å². The molecular formula is C14H15FN4S. The molecule has 6 heteroatoms. The zero-order valence-corrected chi connectivity index (χ0v) is 12.1. The standard InChI is InChI=1S/C14H15FN4S/c1-9-12(15)14(18-8-17-9)19(2)7-10-4-3-5-11(6-10)13(16)20/h3-6,8H,7H2,1-2H3,(H2,16,20). The lowest BCUT2D eigenvalue weighted by Gasteiger charge is -2.19. The van der Waals surface area contributed by atoms with Gasteiger partial charge in [0, 0.05) is 19.2 Å². The molecule has 0 fully saturated rings. The van der Waals surface area contributed by atoms with Crippen molar-refractivity contribution in [1.29, 1.82) is 0 Å². The first kappa shape index (κ1) is 14.3. The molecule has 0 unspecified atom stereocenters. The van der Waals surface area contributed by atoms with E-state index in [1.54, 1.807) is 18.9 Å². The summed E-state index contributed by atoms with van der Waals surface area (Å²) in [4.78, 5) is 9.87. The third-order valence-electron chi connectivity index (χ3n) is 2.94. The maximum atomic E-state index is 14.0. The minimum atomic E-state index is -0.402. The molecule has 2 aromatic rings. The summed E-state index contributed by atoms with van der Waals surface area (Å²) in [6, 6.07) is 7.55. The molecule has 20 heavy (non-hydrogen) atoms. The monoisotopic (exact) mass is 290 g/mol. The maximum absolute atomic E-state index is 14.0. The number of hydrogen-bond donors (Lipinski definition) is 1. The highest BCUT2D eigenvalue weighted by Crippen LogP contribution is 2.18. The lowest BCUT2D eigenvalue weighted by Crippen LogP contribution is -2.20. The number of nitrogens with two attached hydrogens (primary N) is 1. The second-order valence-corrected chi connectivity index (χ2v) is 4.96. The van der Waals surface area contributed by atoms with Crippen LogP contribution in [0.2, 0.25) is 0 Å². The quantitative estimate of drug-likeness (QED) is 0.875. The Morgan fingerprint density at radius 2 is 2.15 bits per heavy atom. The van der Waals surface area contributed by atoms with Crippen molar-refractivity contribution in [1.82, 2.24) is 9.97 Å². The predicted molar refractivity (Wildman–Crippen MR) is 81.2 cm³/mol. The molecule has 1 heterocycles. The molecule has 104 valence electrons. The summed E-state index contributed by atoms with van der Waals surface area (Å²) >= 11 is 4.95. The molecule has 4 nitrogen and oxygen atoms in total. The Bertz CT molecular complexity index is 645. The minimum absolute atomic E-state index is 0.276. The van der Waals surface area contributed by atoms with Gasteiger partial charge >= 0.3 is 0 Å². The third-order valence-corrected chi connectivity index (χ3v) is 3.17. The Labute approximate surface area is 122 Å².